The lowest BCUT2D eigenvalue weighted by atomic mass is 10.1. The van der Waals surface area contributed by atoms with E-state index < -0.39 is 0 Å². The summed E-state index contributed by atoms with van der Waals surface area (Å²) < 4.78 is 1.84. The minimum atomic E-state index is -0.176. The normalized spacial score (nSPS) is 18.1. The Hall–Kier alpha value is -3.19. The van der Waals surface area contributed by atoms with Crippen LogP contribution in [0, 0.1) is 0 Å². The van der Waals surface area contributed by atoms with Crippen LogP contribution < -0.4 is 0 Å². The average Bonchev–Trinajstić information content (AvgIpc) is 3.40. The summed E-state index contributed by atoms with van der Waals surface area (Å²) in [5, 5.41) is 5.61. The van der Waals surface area contributed by atoms with Crippen LogP contribution in [0.2, 0.25) is 0 Å². The van der Waals surface area contributed by atoms with Crippen LogP contribution in [-0.4, -0.2) is 43.8 Å². The molecule has 2 aliphatic rings. The maximum atomic E-state index is 12.6. The molecule has 6 nitrogen and oxygen atoms in total. The van der Waals surface area contributed by atoms with Crippen molar-refractivity contribution in [1.29, 1.82) is 0 Å². The van der Waals surface area contributed by atoms with Gasteiger partial charge in [0.1, 0.15) is 5.69 Å². The molecule has 0 bridgehead atoms. The van der Waals surface area contributed by atoms with Crippen molar-refractivity contribution < 1.29 is 4.79 Å². The zero-order valence-corrected chi connectivity index (χ0v) is 17.3. The van der Waals surface area contributed by atoms with Crippen molar-refractivity contribution >= 4 is 28.9 Å². The molecular formula is C23H21N5OS. The van der Waals surface area contributed by atoms with Crippen LogP contribution in [-0.2, 0) is 4.79 Å². The predicted molar refractivity (Wildman–Crippen MR) is 120 cm³/mol. The molecule has 0 atom stereocenters. The lowest BCUT2D eigenvalue weighted by Crippen LogP contribution is -2.33. The number of piperidine rings is 1. The Labute approximate surface area is 179 Å². The Morgan fingerprint density at radius 3 is 2.60 bits per heavy atom. The summed E-state index contributed by atoms with van der Waals surface area (Å²) in [6, 6.07) is 13.8. The highest BCUT2D eigenvalue weighted by Crippen LogP contribution is 2.33. The van der Waals surface area contributed by atoms with Gasteiger partial charge in [0.2, 0.25) is 0 Å². The van der Waals surface area contributed by atoms with Crippen molar-refractivity contribution in [1.82, 2.24) is 19.7 Å². The number of hydrogen-bond acceptors (Lipinski definition) is 5. The molecule has 4 heterocycles. The third-order valence-electron chi connectivity index (χ3n) is 5.22. The number of amidine groups is 1. The molecule has 150 valence electrons. The number of hydrogen-bond donors (Lipinski definition) is 0. The number of thioether (sulfide) groups is 1. The first-order valence-electron chi connectivity index (χ1n) is 10.1. The summed E-state index contributed by atoms with van der Waals surface area (Å²) in [4.78, 5) is 24.0. The summed E-state index contributed by atoms with van der Waals surface area (Å²) in [5.41, 5.74) is 3.53. The Kier molecular flexibility index (Phi) is 5.19. The zero-order chi connectivity index (χ0) is 20.3. The number of aromatic nitrogens is 3. The second kappa shape index (κ2) is 8.28. The van der Waals surface area contributed by atoms with Crippen LogP contribution >= 0.6 is 11.8 Å². The number of carbonyl (C=O) groups excluding carboxylic acids is 1. The molecule has 2 aromatic heterocycles. The van der Waals surface area contributed by atoms with Crippen molar-refractivity contribution in [3.63, 3.8) is 0 Å². The summed E-state index contributed by atoms with van der Waals surface area (Å²) in [5.74, 6) is -0.176. The molecule has 0 unspecified atom stereocenters. The first-order chi connectivity index (χ1) is 14.8. The lowest BCUT2D eigenvalue weighted by molar-refractivity contribution is -0.113. The third-order valence-corrected chi connectivity index (χ3v) is 6.27. The number of rotatable bonds is 3. The molecule has 1 fully saturated rings. The fourth-order valence-electron chi connectivity index (χ4n) is 3.69. The minimum Gasteiger partial charge on any atom is -0.351 e. The van der Waals surface area contributed by atoms with Gasteiger partial charge in [-0.2, -0.15) is 10.1 Å². The van der Waals surface area contributed by atoms with Gasteiger partial charge in [0, 0.05) is 42.8 Å². The Bertz CT molecular complexity index is 1120. The van der Waals surface area contributed by atoms with E-state index in [1.807, 2.05) is 59.4 Å². The highest BCUT2D eigenvalue weighted by atomic mass is 32.2. The Balaban J connectivity index is 1.50. The third kappa shape index (κ3) is 3.80. The van der Waals surface area contributed by atoms with Gasteiger partial charge in [-0.15, -0.1) is 0 Å². The maximum Gasteiger partial charge on any atom is 0.286 e. The van der Waals surface area contributed by atoms with E-state index in [1.54, 1.807) is 12.4 Å². The van der Waals surface area contributed by atoms with E-state index in [0.717, 1.165) is 53.6 Å². The van der Waals surface area contributed by atoms with Gasteiger partial charge in [-0.3, -0.25) is 9.78 Å². The minimum absolute atomic E-state index is 0.176. The molecule has 0 aliphatic carbocycles. The molecule has 3 aromatic rings. The van der Waals surface area contributed by atoms with Crippen molar-refractivity contribution in [2.75, 3.05) is 13.1 Å². The molecule has 0 spiro atoms. The lowest BCUT2D eigenvalue weighted by Gasteiger charge is -2.27. The quantitative estimate of drug-likeness (QED) is 0.594. The number of para-hydroxylation sites is 1. The molecule has 2 aliphatic heterocycles. The zero-order valence-electron chi connectivity index (χ0n) is 16.4. The van der Waals surface area contributed by atoms with Crippen LogP contribution in [0.15, 0.2) is 71.0 Å². The first-order valence-corrected chi connectivity index (χ1v) is 10.9. The number of aliphatic imine (C=N–C) groups is 1. The number of benzene rings is 1. The van der Waals surface area contributed by atoms with Gasteiger partial charge in [-0.25, -0.2) is 4.68 Å². The number of likely N-dealkylation sites (tertiary alicyclic amines) is 1. The van der Waals surface area contributed by atoms with E-state index in [0.29, 0.717) is 4.91 Å². The van der Waals surface area contributed by atoms with Crippen molar-refractivity contribution in [2.45, 2.75) is 19.3 Å². The Morgan fingerprint density at radius 1 is 1.00 bits per heavy atom. The molecule has 0 saturated carbocycles. The van der Waals surface area contributed by atoms with Crippen molar-refractivity contribution in [2.24, 2.45) is 4.99 Å². The van der Waals surface area contributed by atoms with Gasteiger partial charge in [0.15, 0.2) is 5.17 Å². The summed E-state index contributed by atoms with van der Waals surface area (Å²) >= 11 is 1.46. The van der Waals surface area contributed by atoms with Crippen molar-refractivity contribution in [3.8, 4) is 16.9 Å². The second-order valence-electron chi connectivity index (χ2n) is 7.31. The predicted octanol–water partition coefficient (Wildman–Crippen LogP) is 4.39. The smallest absolute Gasteiger partial charge is 0.286 e. The monoisotopic (exact) mass is 415 g/mol. The molecule has 0 N–H and O–H groups in total. The fourth-order valence-corrected chi connectivity index (χ4v) is 4.65. The van der Waals surface area contributed by atoms with Crippen LogP contribution in [0.3, 0.4) is 0 Å². The number of nitrogens with zero attached hydrogens (tertiary/aromatic N) is 5. The summed E-state index contributed by atoms with van der Waals surface area (Å²) in [7, 11) is 0. The number of amides is 1. The van der Waals surface area contributed by atoms with Crippen LogP contribution in [0.1, 0.15) is 24.8 Å². The van der Waals surface area contributed by atoms with E-state index >= 15 is 0 Å². The van der Waals surface area contributed by atoms with Gasteiger partial charge < -0.3 is 4.90 Å². The highest BCUT2D eigenvalue weighted by Gasteiger charge is 2.27. The van der Waals surface area contributed by atoms with Gasteiger partial charge >= 0.3 is 0 Å². The van der Waals surface area contributed by atoms with Crippen LogP contribution in [0.4, 0.5) is 0 Å². The number of carbonyl (C=O) groups is 1. The molecule has 0 radical (unpaired) electrons. The Morgan fingerprint density at radius 2 is 1.83 bits per heavy atom. The van der Waals surface area contributed by atoms with E-state index in [1.165, 1.54) is 18.2 Å². The molecule has 1 aromatic carbocycles. The van der Waals surface area contributed by atoms with Gasteiger partial charge in [0.05, 0.1) is 10.6 Å². The average molecular weight is 416 g/mol. The fraction of sp³-hybridized carbons (Fsp3) is 0.217. The van der Waals surface area contributed by atoms with E-state index in [4.69, 9.17) is 5.10 Å². The maximum absolute atomic E-state index is 12.6. The van der Waals surface area contributed by atoms with Gasteiger partial charge in [0.25, 0.3) is 5.91 Å². The topological polar surface area (TPSA) is 63.4 Å². The van der Waals surface area contributed by atoms with Gasteiger partial charge in [-0.05, 0) is 61.4 Å². The molecule has 1 saturated heterocycles. The standard InChI is InChI=1S/C23H21N5OS/c29-22-20(30-23(25-22)27-12-5-2-6-13-27)14-18-16-28(19-9-3-1-4-10-19)26-21(18)17-8-7-11-24-15-17/h1,3-4,7-11,14-16H,2,5-6,12-13H2/b20-14-. The molecular weight excluding hydrogens is 394 g/mol. The molecule has 1 amide bonds. The second-order valence-corrected chi connectivity index (χ2v) is 8.32. The molecule has 30 heavy (non-hydrogen) atoms. The van der Waals surface area contributed by atoms with Crippen molar-refractivity contribution in [3.05, 3.63) is 71.5 Å². The number of pyridine rings is 1. The van der Waals surface area contributed by atoms with E-state index in [9.17, 15) is 4.79 Å². The van der Waals surface area contributed by atoms with Gasteiger partial charge in [-0.1, -0.05) is 18.2 Å². The molecule has 5 rings (SSSR count). The van der Waals surface area contributed by atoms with E-state index in [-0.39, 0.29) is 5.91 Å². The highest BCUT2D eigenvalue weighted by molar-refractivity contribution is 8.18. The first kappa shape index (κ1) is 18.8. The summed E-state index contributed by atoms with van der Waals surface area (Å²) in [6.45, 7) is 1.94. The van der Waals surface area contributed by atoms with Crippen LogP contribution in [0.25, 0.3) is 23.0 Å². The SMILES string of the molecule is O=C1N=C(N2CCCCC2)S/C1=C\c1cn(-c2ccccc2)nc1-c1cccnc1. The molecule has 7 heteroatoms. The largest absolute Gasteiger partial charge is 0.351 e. The van der Waals surface area contributed by atoms with Crippen LogP contribution in [0.5, 0.6) is 0 Å². The van der Waals surface area contributed by atoms with E-state index in [2.05, 4.69) is 14.9 Å². The summed E-state index contributed by atoms with van der Waals surface area (Å²) in [6.07, 6.45) is 10.9.